The van der Waals surface area contributed by atoms with Crippen LogP contribution in [0.2, 0.25) is 0 Å². The van der Waals surface area contributed by atoms with Gasteiger partial charge in [0.2, 0.25) is 0 Å². The molecule has 130 valence electrons. The van der Waals surface area contributed by atoms with Crippen LogP contribution < -0.4 is 13.7 Å². The molecule has 0 saturated heterocycles. The summed E-state index contributed by atoms with van der Waals surface area (Å²) in [4.78, 5) is 0.0375. The van der Waals surface area contributed by atoms with Crippen molar-refractivity contribution in [3.05, 3.63) is 45.9 Å². The fourth-order valence-corrected chi connectivity index (χ4v) is 4.09. The molecule has 0 spiro atoms. The number of hydrogen-bond acceptors (Lipinski definition) is 6. The molecule has 0 bridgehead atoms. The minimum Gasteiger partial charge on any atom is -0.493 e. The van der Waals surface area contributed by atoms with Crippen molar-refractivity contribution in [1.82, 2.24) is 0 Å². The third-order valence-corrected chi connectivity index (χ3v) is 5.39. The third-order valence-electron chi connectivity index (χ3n) is 3.58. The molecule has 0 N–H and O–H groups in total. The first-order chi connectivity index (χ1) is 11.9. The summed E-state index contributed by atoms with van der Waals surface area (Å²) in [5.41, 5.74) is 1.16. The molecule has 6 nitrogen and oxygen atoms in total. The minimum absolute atomic E-state index is 0.0117. The van der Waals surface area contributed by atoms with E-state index in [0.29, 0.717) is 35.4 Å². The molecule has 0 aliphatic carbocycles. The average Bonchev–Trinajstić information content (AvgIpc) is 3.05. The molecule has 0 atom stereocenters. The van der Waals surface area contributed by atoms with Gasteiger partial charge < -0.3 is 13.7 Å². The molecular weight excluding hydrogens is 410 g/mol. The Balaban J connectivity index is 2.00. The molecule has 0 aromatic heterocycles. The molecular formula is C17H14BrNO5S. The van der Waals surface area contributed by atoms with Gasteiger partial charge in [0.15, 0.2) is 11.5 Å². The standard InChI is InChI=1S/C17H14BrNO5S/c1-2-22-16-8-11(10-19)7-14(18)17(16)24-25(20,21)13-3-4-15-12(9-13)5-6-23-15/h3-4,7-9H,2,5-6H2,1H3. The second kappa shape index (κ2) is 6.94. The molecule has 2 aromatic rings. The van der Waals surface area contributed by atoms with Gasteiger partial charge in [0, 0.05) is 12.5 Å². The highest BCUT2D eigenvalue weighted by Crippen LogP contribution is 2.39. The maximum Gasteiger partial charge on any atom is 0.339 e. The summed E-state index contributed by atoms with van der Waals surface area (Å²) in [7, 11) is -4.07. The van der Waals surface area contributed by atoms with Crippen LogP contribution in [0.15, 0.2) is 39.7 Å². The van der Waals surface area contributed by atoms with E-state index in [1.54, 1.807) is 19.1 Å². The quantitative estimate of drug-likeness (QED) is 0.684. The van der Waals surface area contributed by atoms with Crippen LogP contribution in [0.5, 0.6) is 17.2 Å². The second-order valence-electron chi connectivity index (χ2n) is 5.24. The van der Waals surface area contributed by atoms with Crippen LogP contribution in [-0.2, 0) is 16.5 Å². The van der Waals surface area contributed by atoms with E-state index in [9.17, 15) is 8.42 Å². The van der Waals surface area contributed by atoms with Gasteiger partial charge in [-0.25, -0.2) is 0 Å². The van der Waals surface area contributed by atoms with Gasteiger partial charge in [-0.3, -0.25) is 0 Å². The number of nitriles is 1. The lowest BCUT2D eigenvalue weighted by atomic mass is 10.2. The third kappa shape index (κ3) is 3.57. The predicted octanol–water partition coefficient (Wildman–Crippen LogP) is 3.42. The van der Waals surface area contributed by atoms with Gasteiger partial charge in [-0.15, -0.1) is 0 Å². The first-order valence-electron chi connectivity index (χ1n) is 7.51. The molecule has 25 heavy (non-hydrogen) atoms. The van der Waals surface area contributed by atoms with Gasteiger partial charge in [0.05, 0.1) is 29.3 Å². The summed E-state index contributed by atoms with van der Waals surface area (Å²) in [5.74, 6) is 0.882. The summed E-state index contributed by atoms with van der Waals surface area (Å²) in [6, 6.07) is 9.52. The summed E-state index contributed by atoms with van der Waals surface area (Å²) >= 11 is 3.24. The van der Waals surface area contributed by atoms with Gasteiger partial charge in [0.25, 0.3) is 0 Å². The van der Waals surface area contributed by atoms with E-state index in [1.165, 1.54) is 18.2 Å². The van der Waals surface area contributed by atoms with Gasteiger partial charge >= 0.3 is 10.1 Å². The minimum atomic E-state index is -4.07. The maximum atomic E-state index is 12.7. The molecule has 0 saturated carbocycles. The first-order valence-corrected chi connectivity index (χ1v) is 9.71. The van der Waals surface area contributed by atoms with Crippen molar-refractivity contribution in [3.8, 4) is 23.3 Å². The van der Waals surface area contributed by atoms with Crippen LogP contribution in [0.3, 0.4) is 0 Å². The summed E-state index contributed by atoms with van der Waals surface area (Å²) in [6.45, 7) is 2.59. The fourth-order valence-electron chi connectivity index (χ4n) is 2.45. The number of benzene rings is 2. The predicted molar refractivity (Wildman–Crippen MR) is 93.5 cm³/mol. The zero-order valence-electron chi connectivity index (χ0n) is 13.3. The van der Waals surface area contributed by atoms with Crippen LogP contribution in [0.25, 0.3) is 0 Å². The number of ether oxygens (including phenoxy) is 2. The van der Waals surface area contributed by atoms with Gasteiger partial charge in [-0.05, 0) is 52.7 Å². The Hall–Kier alpha value is -2.24. The van der Waals surface area contributed by atoms with Crippen molar-refractivity contribution in [3.63, 3.8) is 0 Å². The largest absolute Gasteiger partial charge is 0.493 e. The smallest absolute Gasteiger partial charge is 0.339 e. The zero-order valence-corrected chi connectivity index (χ0v) is 15.7. The Morgan fingerprint density at radius 2 is 2.12 bits per heavy atom. The molecule has 0 radical (unpaired) electrons. The lowest BCUT2D eigenvalue weighted by molar-refractivity contribution is 0.327. The average molecular weight is 424 g/mol. The van der Waals surface area contributed by atoms with E-state index >= 15 is 0 Å². The molecule has 0 unspecified atom stereocenters. The summed E-state index contributed by atoms with van der Waals surface area (Å²) in [6.07, 6.45) is 0.656. The molecule has 0 amide bonds. The topological polar surface area (TPSA) is 85.6 Å². The van der Waals surface area contributed by atoms with Crippen LogP contribution in [0, 0.1) is 11.3 Å². The molecule has 2 aromatic carbocycles. The summed E-state index contributed by atoms with van der Waals surface area (Å²) < 4.78 is 41.8. The highest BCUT2D eigenvalue weighted by molar-refractivity contribution is 9.10. The number of fused-ring (bicyclic) bond motifs is 1. The zero-order chi connectivity index (χ0) is 18.0. The summed E-state index contributed by atoms with van der Waals surface area (Å²) in [5, 5.41) is 9.05. The van der Waals surface area contributed by atoms with Crippen molar-refractivity contribution < 1.29 is 22.1 Å². The Bertz CT molecular complexity index is 966. The molecule has 1 aliphatic rings. The van der Waals surface area contributed by atoms with E-state index in [2.05, 4.69) is 15.9 Å². The normalized spacial score (nSPS) is 12.8. The van der Waals surface area contributed by atoms with Gasteiger partial charge in [-0.1, -0.05) is 0 Å². The van der Waals surface area contributed by atoms with E-state index in [-0.39, 0.29) is 16.4 Å². The molecule has 1 aliphatic heterocycles. The molecule has 3 rings (SSSR count). The van der Waals surface area contributed by atoms with Crippen LogP contribution in [-0.4, -0.2) is 21.6 Å². The number of halogens is 1. The van der Waals surface area contributed by atoms with Gasteiger partial charge in [-0.2, -0.15) is 13.7 Å². The van der Waals surface area contributed by atoms with Crippen molar-refractivity contribution in [2.75, 3.05) is 13.2 Å². The lowest BCUT2D eigenvalue weighted by Gasteiger charge is -2.14. The van der Waals surface area contributed by atoms with E-state index in [4.69, 9.17) is 18.9 Å². The van der Waals surface area contributed by atoms with E-state index < -0.39 is 10.1 Å². The Labute approximate surface area is 154 Å². The van der Waals surface area contributed by atoms with E-state index in [0.717, 1.165) is 5.56 Å². The van der Waals surface area contributed by atoms with Crippen LogP contribution in [0.4, 0.5) is 0 Å². The Morgan fingerprint density at radius 3 is 2.84 bits per heavy atom. The number of hydrogen-bond donors (Lipinski definition) is 0. The first kappa shape index (κ1) is 17.6. The van der Waals surface area contributed by atoms with Crippen LogP contribution in [0.1, 0.15) is 18.1 Å². The van der Waals surface area contributed by atoms with Crippen molar-refractivity contribution >= 4 is 26.0 Å². The SMILES string of the molecule is CCOc1cc(C#N)cc(Br)c1OS(=O)(=O)c1ccc2c(c1)CCO2. The van der Waals surface area contributed by atoms with Crippen molar-refractivity contribution in [2.45, 2.75) is 18.2 Å². The number of rotatable bonds is 5. The van der Waals surface area contributed by atoms with E-state index in [1.807, 2.05) is 6.07 Å². The fraction of sp³-hybridized carbons (Fsp3) is 0.235. The van der Waals surface area contributed by atoms with Crippen LogP contribution >= 0.6 is 15.9 Å². The number of nitrogens with zero attached hydrogens (tertiary/aromatic N) is 1. The van der Waals surface area contributed by atoms with Crippen molar-refractivity contribution in [2.24, 2.45) is 0 Å². The van der Waals surface area contributed by atoms with Crippen molar-refractivity contribution in [1.29, 1.82) is 5.26 Å². The Morgan fingerprint density at radius 1 is 1.32 bits per heavy atom. The lowest BCUT2D eigenvalue weighted by Crippen LogP contribution is -2.11. The monoisotopic (exact) mass is 423 g/mol. The Kier molecular flexibility index (Phi) is 4.88. The molecule has 8 heteroatoms. The van der Waals surface area contributed by atoms with Gasteiger partial charge in [0.1, 0.15) is 10.6 Å². The molecule has 0 fully saturated rings. The highest BCUT2D eigenvalue weighted by Gasteiger charge is 2.24. The maximum absolute atomic E-state index is 12.7. The molecule has 1 heterocycles. The second-order valence-corrected chi connectivity index (χ2v) is 7.64. The highest BCUT2D eigenvalue weighted by atomic mass is 79.9.